The molecule has 0 amide bonds. The first kappa shape index (κ1) is 12.9. The van der Waals surface area contributed by atoms with Crippen LogP contribution in [0.3, 0.4) is 0 Å². The Hall–Kier alpha value is -3.16. The Morgan fingerprint density at radius 2 is 2.05 bits per heavy atom. The fourth-order valence-corrected chi connectivity index (χ4v) is 2.16. The van der Waals surface area contributed by atoms with Crippen LogP contribution in [-0.4, -0.2) is 30.6 Å². The molecule has 0 atom stereocenters. The van der Waals surface area contributed by atoms with Crippen LogP contribution in [-0.2, 0) is 6.54 Å². The zero-order chi connectivity index (χ0) is 14.8. The van der Waals surface area contributed by atoms with Gasteiger partial charge in [-0.25, -0.2) is 15.0 Å². The van der Waals surface area contributed by atoms with Gasteiger partial charge in [0.1, 0.15) is 11.8 Å². The first-order chi connectivity index (χ1) is 10.2. The van der Waals surface area contributed by atoms with E-state index in [0.717, 1.165) is 5.56 Å². The minimum absolute atomic E-state index is 0.0594. The van der Waals surface area contributed by atoms with Crippen LogP contribution < -0.4 is 11.5 Å². The molecule has 8 heteroatoms. The highest BCUT2D eigenvalue weighted by Gasteiger charge is 2.11. The minimum atomic E-state index is 0.0594. The Balaban J connectivity index is 2.06. The minimum Gasteiger partial charge on any atom is -0.409 e. The van der Waals surface area contributed by atoms with Gasteiger partial charge in [0.15, 0.2) is 17.3 Å². The molecule has 0 aliphatic heterocycles. The van der Waals surface area contributed by atoms with E-state index in [1.54, 1.807) is 12.4 Å². The summed E-state index contributed by atoms with van der Waals surface area (Å²) in [7, 11) is 0. The van der Waals surface area contributed by atoms with Crippen LogP contribution in [0.2, 0.25) is 0 Å². The van der Waals surface area contributed by atoms with Gasteiger partial charge in [0.25, 0.3) is 0 Å². The summed E-state index contributed by atoms with van der Waals surface area (Å²) in [5.41, 5.74) is 14.2. The van der Waals surface area contributed by atoms with Gasteiger partial charge in [0.05, 0.1) is 12.9 Å². The first-order valence-corrected chi connectivity index (χ1v) is 6.18. The molecule has 0 spiro atoms. The zero-order valence-corrected chi connectivity index (χ0v) is 11.0. The van der Waals surface area contributed by atoms with Gasteiger partial charge < -0.3 is 21.2 Å². The van der Waals surface area contributed by atoms with Crippen molar-refractivity contribution in [2.75, 3.05) is 5.73 Å². The van der Waals surface area contributed by atoms with Gasteiger partial charge in [-0.3, -0.25) is 0 Å². The van der Waals surface area contributed by atoms with E-state index in [1.165, 1.54) is 6.33 Å². The molecule has 0 bridgehead atoms. The Morgan fingerprint density at radius 1 is 1.24 bits per heavy atom. The zero-order valence-electron chi connectivity index (χ0n) is 11.0. The van der Waals surface area contributed by atoms with E-state index in [-0.39, 0.29) is 5.84 Å². The maximum absolute atomic E-state index is 8.85. The van der Waals surface area contributed by atoms with Crippen LogP contribution in [0.4, 0.5) is 5.82 Å². The molecular formula is C13H13N7O. The van der Waals surface area contributed by atoms with Crippen molar-refractivity contribution >= 4 is 22.8 Å². The molecule has 0 radical (unpaired) electrons. The van der Waals surface area contributed by atoms with Crippen molar-refractivity contribution in [1.29, 1.82) is 0 Å². The van der Waals surface area contributed by atoms with Gasteiger partial charge in [-0.2, -0.15) is 0 Å². The van der Waals surface area contributed by atoms with Gasteiger partial charge in [-0.05, 0) is 5.56 Å². The molecule has 106 valence electrons. The number of rotatable bonds is 3. The van der Waals surface area contributed by atoms with Crippen molar-refractivity contribution in [3.63, 3.8) is 0 Å². The van der Waals surface area contributed by atoms with E-state index in [2.05, 4.69) is 20.1 Å². The van der Waals surface area contributed by atoms with Crippen molar-refractivity contribution in [3.8, 4) is 0 Å². The Morgan fingerprint density at radius 3 is 2.86 bits per heavy atom. The molecule has 21 heavy (non-hydrogen) atoms. The fourth-order valence-electron chi connectivity index (χ4n) is 2.16. The molecule has 3 aromatic rings. The van der Waals surface area contributed by atoms with Crippen molar-refractivity contribution in [3.05, 3.63) is 48.0 Å². The average molecular weight is 283 g/mol. The number of nitrogens with zero attached hydrogens (tertiary/aromatic N) is 5. The largest absolute Gasteiger partial charge is 0.409 e. The van der Waals surface area contributed by atoms with Gasteiger partial charge in [-0.15, -0.1) is 0 Å². The average Bonchev–Trinajstić information content (AvgIpc) is 2.92. The number of anilines is 1. The summed E-state index contributed by atoms with van der Waals surface area (Å²) >= 11 is 0. The van der Waals surface area contributed by atoms with E-state index >= 15 is 0 Å². The van der Waals surface area contributed by atoms with E-state index in [9.17, 15) is 0 Å². The molecule has 0 unspecified atom stereocenters. The lowest BCUT2D eigenvalue weighted by Gasteiger charge is -2.09. The molecule has 3 rings (SSSR count). The second-order valence-electron chi connectivity index (χ2n) is 4.45. The maximum Gasteiger partial charge on any atom is 0.170 e. The number of hydrogen-bond donors (Lipinski definition) is 3. The molecule has 2 aromatic heterocycles. The van der Waals surface area contributed by atoms with E-state index in [1.807, 2.05) is 22.8 Å². The molecule has 0 aliphatic rings. The first-order valence-electron chi connectivity index (χ1n) is 6.18. The highest BCUT2D eigenvalue weighted by Crippen LogP contribution is 2.17. The number of hydrogen-bond acceptors (Lipinski definition) is 6. The normalized spacial score (nSPS) is 11.9. The summed E-state index contributed by atoms with van der Waals surface area (Å²) in [5, 5.41) is 11.9. The highest BCUT2D eigenvalue weighted by molar-refractivity contribution is 5.98. The quantitative estimate of drug-likeness (QED) is 0.279. The lowest BCUT2D eigenvalue weighted by atomic mass is 10.1. The fraction of sp³-hybridized carbons (Fsp3) is 0.0769. The number of fused-ring (bicyclic) bond motifs is 1. The van der Waals surface area contributed by atoms with Crippen molar-refractivity contribution in [2.45, 2.75) is 6.54 Å². The van der Waals surface area contributed by atoms with Crippen molar-refractivity contribution in [2.24, 2.45) is 10.9 Å². The van der Waals surface area contributed by atoms with Crippen LogP contribution in [0.25, 0.3) is 11.2 Å². The van der Waals surface area contributed by atoms with Gasteiger partial charge in [-0.1, -0.05) is 29.4 Å². The summed E-state index contributed by atoms with van der Waals surface area (Å²) < 4.78 is 1.83. The van der Waals surface area contributed by atoms with Crippen molar-refractivity contribution < 1.29 is 5.21 Å². The SMILES string of the molecule is NC(=NO)c1ccccc1Cn1cnc2c(N)ncnc21. The third-order valence-corrected chi connectivity index (χ3v) is 3.17. The second-order valence-corrected chi connectivity index (χ2v) is 4.45. The van der Waals surface area contributed by atoms with Crippen LogP contribution in [0, 0.1) is 0 Å². The van der Waals surface area contributed by atoms with Crippen LogP contribution in [0.5, 0.6) is 0 Å². The van der Waals surface area contributed by atoms with Gasteiger partial charge in [0, 0.05) is 5.56 Å². The third-order valence-electron chi connectivity index (χ3n) is 3.17. The molecule has 0 saturated heterocycles. The molecule has 0 saturated carbocycles. The Labute approximate surface area is 119 Å². The van der Waals surface area contributed by atoms with Gasteiger partial charge >= 0.3 is 0 Å². The molecule has 8 nitrogen and oxygen atoms in total. The highest BCUT2D eigenvalue weighted by atomic mass is 16.4. The predicted molar refractivity (Wildman–Crippen MR) is 77.8 cm³/mol. The lowest BCUT2D eigenvalue weighted by Crippen LogP contribution is -2.16. The smallest absolute Gasteiger partial charge is 0.170 e. The number of nitrogens with two attached hydrogens (primary N) is 2. The number of amidine groups is 1. The number of benzene rings is 1. The summed E-state index contributed by atoms with van der Waals surface area (Å²) in [6.07, 6.45) is 3.03. The Kier molecular flexibility index (Phi) is 3.11. The Bertz CT molecular complexity index is 824. The van der Waals surface area contributed by atoms with Crippen LogP contribution in [0.15, 0.2) is 42.1 Å². The standard InChI is InChI=1S/C13H13N7O/c14-11(19-21)9-4-2-1-3-8(9)5-20-7-18-10-12(15)16-6-17-13(10)20/h1-4,6-7,21H,5H2,(H2,14,19)(H2,15,16,17). The van der Waals surface area contributed by atoms with Crippen LogP contribution in [0.1, 0.15) is 11.1 Å². The van der Waals surface area contributed by atoms with Crippen molar-refractivity contribution in [1.82, 2.24) is 19.5 Å². The molecule has 2 heterocycles. The summed E-state index contributed by atoms with van der Waals surface area (Å²) in [6.45, 7) is 0.472. The molecule has 5 N–H and O–H groups in total. The van der Waals surface area contributed by atoms with E-state index < -0.39 is 0 Å². The summed E-state index contributed by atoms with van der Waals surface area (Å²) in [4.78, 5) is 12.3. The second kappa shape index (κ2) is 5.08. The maximum atomic E-state index is 8.85. The van der Waals surface area contributed by atoms with Gasteiger partial charge in [0.2, 0.25) is 0 Å². The third kappa shape index (κ3) is 2.22. The number of imidazole rings is 1. The molecular weight excluding hydrogens is 270 g/mol. The van der Waals surface area contributed by atoms with E-state index in [0.29, 0.717) is 29.1 Å². The number of oxime groups is 1. The number of nitrogen functional groups attached to an aromatic ring is 1. The molecule has 1 aromatic carbocycles. The monoisotopic (exact) mass is 283 g/mol. The van der Waals surface area contributed by atoms with Crippen LogP contribution >= 0.6 is 0 Å². The predicted octanol–water partition coefficient (Wildman–Crippen LogP) is 0.551. The molecule has 0 aliphatic carbocycles. The summed E-state index contributed by atoms with van der Waals surface area (Å²) in [5.74, 6) is 0.396. The summed E-state index contributed by atoms with van der Waals surface area (Å²) in [6, 6.07) is 7.38. The topological polar surface area (TPSA) is 128 Å². The van der Waals surface area contributed by atoms with E-state index in [4.69, 9.17) is 16.7 Å². The number of aromatic nitrogens is 4. The molecule has 0 fully saturated rings. The lowest BCUT2D eigenvalue weighted by molar-refractivity contribution is 0.318.